The molecule has 164 valence electrons. The van der Waals surface area contributed by atoms with Crippen LogP contribution in [0.1, 0.15) is 21.4 Å². The Morgan fingerprint density at radius 2 is 1.68 bits per heavy atom. The number of furan rings is 1. The topological polar surface area (TPSA) is 104 Å². The zero-order valence-corrected chi connectivity index (χ0v) is 18.1. The molecule has 0 unspecified atom stereocenters. The summed E-state index contributed by atoms with van der Waals surface area (Å²) >= 11 is 0. The Bertz CT molecular complexity index is 1120. The van der Waals surface area contributed by atoms with E-state index in [0.29, 0.717) is 22.8 Å². The number of hydrogen-bond donors (Lipinski definition) is 1. The molecule has 1 aromatic heterocycles. The number of rotatable bonds is 9. The summed E-state index contributed by atoms with van der Waals surface area (Å²) in [4.78, 5) is 12.8. The van der Waals surface area contributed by atoms with Gasteiger partial charge in [0.2, 0.25) is 0 Å². The van der Waals surface area contributed by atoms with E-state index in [0.717, 1.165) is 0 Å². The molecule has 0 aliphatic rings. The fourth-order valence-corrected chi connectivity index (χ4v) is 4.62. The molecule has 0 aliphatic carbocycles. The summed E-state index contributed by atoms with van der Waals surface area (Å²) in [6.45, 7) is -0.185. The van der Waals surface area contributed by atoms with Crippen LogP contribution in [0.3, 0.4) is 0 Å². The van der Waals surface area contributed by atoms with Crippen molar-refractivity contribution in [2.24, 2.45) is 0 Å². The van der Waals surface area contributed by atoms with Crippen LogP contribution in [0, 0.1) is 0 Å². The van der Waals surface area contributed by atoms with Gasteiger partial charge in [-0.1, -0.05) is 0 Å². The van der Waals surface area contributed by atoms with Gasteiger partial charge in [-0.3, -0.25) is 4.79 Å². The number of amides is 1. The summed E-state index contributed by atoms with van der Waals surface area (Å²) in [6, 6.07) is 13.9. The Morgan fingerprint density at radius 3 is 2.26 bits per heavy atom. The van der Waals surface area contributed by atoms with E-state index < -0.39 is 21.0 Å². The van der Waals surface area contributed by atoms with Crippen LogP contribution in [0.2, 0.25) is 0 Å². The first kappa shape index (κ1) is 22.2. The monoisotopic (exact) mass is 445 g/mol. The van der Waals surface area contributed by atoms with Crippen LogP contribution in [0.5, 0.6) is 17.2 Å². The van der Waals surface area contributed by atoms with Gasteiger partial charge in [-0.2, -0.15) is 0 Å². The van der Waals surface area contributed by atoms with Gasteiger partial charge < -0.3 is 23.9 Å². The Hall–Kier alpha value is -3.46. The molecular weight excluding hydrogens is 422 g/mol. The third kappa shape index (κ3) is 4.83. The summed E-state index contributed by atoms with van der Waals surface area (Å²) in [5.74, 6) is 1.18. The van der Waals surface area contributed by atoms with Gasteiger partial charge >= 0.3 is 0 Å². The molecule has 8 nitrogen and oxygen atoms in total. The predicted molar refractivity (Wildman–Crippen MR) is 114 cm³/mol. The molecule has 0 spiro atoms. The fourth-order valence-electron chi connectivity index (χ4n) is 3.03. The van der Waals surface area contributed by atoms with E-state index >= 15 is 0 Å². The lowest BCUT2D eigenvalue weighted by atomic mass is 10.2. The second-order valence-electron chi connectivity index (χ2n) is 6.50. The Balaban J connectivity index is 1.85. The van der Waals surface area contributed by atoms with Gasteiger partial charge in [0.15, 0.2) is 21.3 Å². The van der Waals surface area contributed by atoms with Crippen molar-refractivity contribution in [3.63, 3.8) is 0 Å². The average Bonchev–Trinajstić information content (AvgIpc) is 3.32. The lowest BCUT2D eigenvalue weighted by Gasteiger charge is -2.17. The molecule has 0 fully saturated rings. The number of methoxy groups -OCH3 is 3. The first-order valence-electron chi connectivity index (χ1n) is 9.32. The van der Waals surface area contributed by atoms with Crippen LogP contribution >= 0.6 is 0 Å². The molecule has 3 rings (SSSR count). The zero-order chi connectivity index (χ0) is 22.4. The maximum absolute atomic E-state index is 13.3. The minimum atomic E-state index is -3.86. The van der Waals surface area contributed by atoms with Crippen molar-refractivity contribution >= 4 is 15.7 Å². The summed E-state index contributed by atoms with van der Waals surface area (Å²) in [7, 11) is 0.602. The summed E-state index contributed by atoms with van der Waals surface area (Å²) in [6.07, 6.45) is 1.39. The highest BCUT2D eigenvalue weighted by atomic mass is 32.2. The quantitative estimate of drug-likeness (QED) is 0.539. The first-order chi connectivity index (χ1) is 14.9. The lowest BCUT2D eigenvalue weighted by Crippen LogP contribution is -2.31. The van der Waals surface area contributed by atoms with Gasteiger partial charge in [0.05, 0.1) is 32.5 Å². The third-order valence-corrected chi connectivity index (χ3v) is 6.79. The Kier molecular flexibility index (Phi) is 6.86. The van der Waals surface area contributed by atoms with Crippen molar-refractivity contribution in [3.05, 3.63) is 72.2 Å². The number of carbonyl (C=O) groups is 1. The SMILES string of the molecule is COc1ccc(S(=O)(=O)[C@H](CNC(=O)c2ccc(OC)c(OC)c2)c2ccco2)cc1. The van der Waals surface area contributed by atoms with Crippen LogP contribution in [-0.2, 0) is 9.84 Å². The number of benzene rings is 2. The number of nitrogens with one attached hydrogen (secondary N) is 1. The summed E-state index contributed by atoms with van der Waals surface area (Å²) in [5, 5.41) is 1.56. The van der Waals surface area contributed by atoms with E-state index in [1.165, 1.54) is 45.8 Å². The zero-order valence-electron chi connectivity index (χ0n) is 17.3. The molecule has 2 aromatic carbocycles. The van der Waals surface area contributed by atoms with Crippen molar-refractivity contribution < 1.29 is 31.8 Å². The highest BCUT2D eigenvalue weighted by Crippen LogP contribution is 2.31. The second kappa shape index (κ2) is 9.57. The Morgan fingerprint density at radius 1 is 0.968 bits per heavy atom. The highest BCUT2D eigenvalue weighted by molar-refractivity contribution is 7.91. The van der Waals surface area contributed by atoms with Crippen LogP contribution < -0.4 is 19.5 Å². The largest absolute Gasteiger partial charge is 0.497 e. The molecule has 0 aliphatic heterocycles. The van der Waals surface area contributed by atoms with Crippen LogP contribution in [-0.4, -0.2) is 42.2 Å². The lowest BCUT2D eigenvalue weighted by molar-refractivity contribution is 0.0953. The van der Waals surface area contributed by atoms with E-state index in [2.05, 4.69) is 5.32 Å². The molecule has 0 bridgehead atoms. The molecule has 0 saturated carbocycles. The van der Waals surface area contributed by atoms with Gasteiger partial charge in [-0.05, 0) is 54.6 Å². The maximum Gasteiger partial charge on any atom is 0.251 e. The normalized spacial score (nSPS) is 12.1. The third-order valence-electron chi connectivity index (χ3n) is 4.72. The summed E-state index contributed by atoms with van der Waals surface area (Å²) < 4.78 is 47.4. The van der Waals surface area contributed by atoms with Crippen molar-refractivity contribution in [1.29, 1.82) is 0 Å². The van der Waals surface area contributed by atoms with E-state index in [1.54, 1.807) is 36.4 Å². The molecule has 0 saturated heterocycles. The average molecular weight is 445 g/mol. The van der Waals surface area contributed by atoms with Gasteiger partial charge in [0, 0.05) is 12.1 Å². The van der Waals surface area contributed by atoms with E-state index in [-0.39, 0.29) is 17.2 Å². The molecule has 9 heteroatoms. The van der Waals surface area contributed by atoms with Crippen molar-refractivity contribution in [2.45, 2.75) is 10.1 Å². The molecular formula is C22H23NO7S. The smallest absolute Gasteiger partial charge is 0.251 e. The van der Waals surface area contributed by atoms with Crippen molar-refractivity contribution in [2.75, 3.05) is 27.9 Å². The fraction of sp³-hybridized carbons (Fsp3) is 0.227. The van der Waals surface area contributed by atoms with Gasteiger partial charge in [0.25, 0.3) is 5.91 Å². The van der Waals surface area contributed by atoms with E-state index in [9.17, 15) is 13.2 Å². The number of hydrogen-bond acceptors (Lipinski definition) is 7. The molecule has 1 N–H and O–H groups in total. The Labute approximate surface area is 180 Å². The van der Waals surface area contributed by atoms with Gasteiger partial charge in [-0.25, -0.2) is 8.42 Å². The van der Waals surface area contributed by atoms with E-state index in [1.807, 2.05) is 0 Å². The minimum Gasteiger partial charge on any atom is -0.497 e. The number of carbonyl (C=O) groups excluding carboxylic acids is 1. The molecule has 1 amide bonds. The number of ether oxygens (including phenoxy) is 3. The second-order valence-corrected chi connectivity index (χ2v) is 8.63. The van der Waals surface area contributed by atoms with Crippen LogP contribution in [0.25, 0.3) is 0 Å². The molecule has 1 heterocycles. The van der Waals surface area contributed by atoms with Crippen molar-refractivity contribution in [1.82, 2.24) is 5.32 Å². The van der Waals surface area contributed by atoms with Crippen LogP contribution in [0.15, 0.2) is 70.2 Å². The molecule has 1 atom stereocenters. The molecule has 0 radical (unpaired) electrons. The first-order valence-corrected chi connectivity index (χ1v) is 10.9. The molecule has 31 heavy (non-hydrogen) atoms. The van der Waals surface area contributed by atoms with Gasteiger partial charge in [0.1, 0.15) is 16.8 Å². The summed E-state index contributed by atoms with van der Waals surface area (Å²) in [5.41, 5.74) is 0.303. The minimum absolute atomic E-state index is 0.0927. The van der Waals surface area contributed by atoms with Crippen LogP contribution in [0.4, 0.5) is 0 Å². The maximum atomic E-state index is 13.3. The predicted octanol–water partition coefficient (Wildman–Crippen LogP) is 3.25. The van der Waals surface area contributed by atoms with Gasteiger partial charge in [-0.15, -0.1) is 0 Å². The standard InChI is InChI=1S/C22H23NO7S/c1-27-16-7-9-17(10-8-16)31(25,26)21(19-5-4-12-30-19)14-23-22(24)15-6-11-18(28-2)20(13-15)29-3/h4-13,21H,14H2,1-3H3,(H,23,24)/t21-/m1/s1. The van der Waals surface area contributed by atoms with Crippen molar-refractivity contribution in [3.8, 4) is 17.2 Å². The highest BCUT2D eigenvalue weighted by Gasteiger charge is 2.32. The van der Waals surface area contributed by atoms with E-state index in [4.69, 9.17) is 18.6 Å². The molecule has 3 aromatic rings. The number of sulfone groups is 1.